The zero-order valence-corrected chi connectivity index (χ0v) is 8.57. The molecule has 0 aromatic heterocycles. The molecule has 0 amide bonds. The largest absolute Gasteiger partial charge is 0.504 e. The number of aliphatic hydroxyl groups excluding tert-OH is 1. The van der Waals surface area contributed by atoms with Crippen molar-refractivity contribution in [3.05, 3.63) is 29.8 Å². The molecule has 0 saturated heterocycles. The van der Waals surface area contributed by atoms with E-state index in [4.69, 9.17) is 20.4 Å². The van der Waals surface area contributed by atoms with Crippen molar-refractivity contribution < 1.29 is 30.0 Å². The second-order valence-electron chi connectivity index (χ2n) is 3.22. The van der Waals surface area contributed by atoms with Crippen LogP contribution in [0.2, 0.25) is 0 Å². The quantitative estimate of drug-likeness (QED) is 0.336. The number of carboxylic acids is 1. The van der Waals surface area contributed by atoms with E-state index in [0.717, 1.165) is 6.08 Å². The van der Waals surface area contributed by atoms with Crippen molar-refractivity contribution in [2.75, 3.05) is 0 Å². The first-order chi connectivity index (χ1) is 7.91. The van der Waals surface area contributed by atoms with Crippen molar-refractivity contribution >= 4 is 17.8 Å². The van der Waals surface area contributed by atoms with E-state index in [-0.39, 0.29) is 11.5 Å². The van der Waals surface area contributed by atoms with E-state index in [1.165, 1.54) is 24.3 Å². The zero-order chi connectivity index (χ0) is 13.0. The molecule has 1 atom stereocenters. The van der Waals surface area contributed by atoms with Crippen LogP contribution in [0.4, 0.5) is 0 Å². The number of carboxylic acid groups (broad SMARTS) is 1. The van der Waals surface area contributed by atoms with Crippen LogP contribution in [0.1, 0.15) is 5.56 Å². The molecule has 1 rings (SSSR count). The van der Waals surface area contributed by atoms with Gasteiger partial charge in [-0.05, 0) is 23.8 Å². The Labute approximate surface area is 96.1 Å². The van der Waals surface area contributed by atoms with Gasteiger partial charge in [-0.3, -0.25) is 4.79 Å². The maximum Gasteiger partial charge on any atom is 0.340 e. The summed E-state index contributed by atoms with van der Waals surface area (Å²) in [6, 6.07) is 3.81. The highest BCUT2D eigenvalue weighted by molar-refractivity contribution is 6.08. The topological polar surface area (TPSA) is 115 Å². The van der Waals surface area contributed by atoms with Crippen molar-refractivity contribution in [1.29, 1.82) is 0 Å². The molecule has 4 N–H and O–H groups in total. The number of carbonyl (C=O) groups excluding carboxylic acids is 1. The van der Waals surface area contributed by atoms with E-state index in [0.29, 0.717) is 5.56 Å². The van der Waals surface area contributed by atoms with Gasteiger partial charge >= 0.3 is 5.97 Å². The van der Waals surface area contributed by atoms with Crippen LogP contribution >= 0.6 is 0 Å². The van der Waals surface area contributed by atoms with Crippen molar-refractivity contribution in [2.45, 2.75) is 6.10 Å². The Morgan fingerprint density at radius 2 is 1.82 bits per heavy atom. The summed E-state index contributed by atoms with van der Waals surface area (Å²) in [4.78, 5) is 21.4. The van der Waals surface area contributed by atoms with Gasteiger partial charge in [-0.25, -0.2) is 4.79 Å². The molecular weight excluding hydrogens is 228 g/mol. The number of rotatable bonds is 4. The van der Waals surface area contributed by atoms with Gasteiger partial charge < -0.3 is 20.4 Å². The monoisotopic (exact) mass is 238 g/mol. The van der Waals surface area contributed by atoms with E-state index in [2.05, 4.69) is 0 Å². The van der Waals surface area contributed by atoms with Crippen LogP contribution in [0.3, 0.4) is 0 Å². The molecule has 6 heteroatoms. The van der Waals surface area contributed by atoms with E-state index in [9.17, 15) is 9.59 Å². The second kappa shape index (κ2) is 5.13. The minimum absolute atomic E-state index is 0.306. The van der Waals surface area contributed by atoms with Crippen LogP contribution in [-0.4, -0.2) is 38.3 Å². The zero-order valence-electron chi connectivity index (χ0n) is 8.57. The number of aliphatic hydroxyl groups is 1. The van der Waals surface area contributed by atoms with Gasteiger partial charge in [-0.1, -0.05) is 12.1 Å². The molecule has 0 radical (unpaired) electrons. The number of aliphatic carboxylic acids is 1. The molecule has 0 bridgehead atoms. The van der Waals surface area contributed by atoms with Crippen LogP contribution in [0.25, 0.3) is 6.08 Å². The second-order valence-corrected chi connectivity index (χ2v) is 3.22. The summed E-state index contributed by atoms with van der Waals surface area (Å²) in [5.74, 6) is -3.28. The maximum absolute atomic E-state index is 11.1. The molecule has 1 aromatic rings. The summed E-state index contributed by atoms with van der Waals surface area (Å²) in [7, 11) is 0. The van der Waals surface area contributed by atoms with Gasteiger partial charge in [0.1, 0.15) is 0 Å². The molecule has 90 valence electrons. The molecule has 0 heterocycles. The Kier molecular flexibility index (Phi) is 3.84. The van der Waals surface area contributed by atoms with Crippen molar-refractivity contribution in [2.24, 2.45) is 0 Å². The summed E-state index contributed by atoms with van der Waals surface area (Å²) in [6.07, 6.45) is -0.00454. The Bertz CT molecular complexity index is 477. The van der Waals surface area contributed by atoms with E-state index in [1.807, 2.05) is 0 Å². The Morgan fingerprint density at radius 1 is 1.18 bits per heavy atom. The maximum atomic E-state index is 11.1. The number of phenolic OH excluding ortho intramolecular Hbond substituents is 2. The number of phenols is 2. The van der Waals surface area contributed by atoms with Crippen LogP contribution in [0, 0.1) is 0 Å². The van der Waals surface area contributed by atoms with Crippen molar-refractivity contribution in [3.63, 3.8) is 0 Å². The molecule has 0 aliphatic heterocycles. The van der Waals surface area contributed by atoms with Crippen molar-refractivity contribution in [1.82, 2.24) is 0 Å². The highest BCUT2D eigenvalue weighted by Crippen LogP contribution is 2.25. The minimum atomic E-state index is -2.10. The van der Waals surface area contributed by atoms with Gasteiger partial charge in [0.25, 0.3) is 0 Å². The van der Waals surface area contributed by atoms with E-state index in [1.54, 1.807) is 0 Å². The Hall–Kier alpha value is -2.34. The van der Waals surface area contributed by atoms with Crippen LogP contribution in [0.5, 0.6) is 11.5 Å². The SMILES string of the molecule is O=C(O)C(O)C(=O)/C=C/c1ccc(O)c(O)c1. The lowest BCUT2D eigenvalue weighted by atomic mass is 10.1. The van der Waals surface area contributed by atoms with Gasteiger partial charge in [-0.2, -0.15) is 0 Å². The first-order valence-electron chi connectivity index (χ1n) is 4.56. The molecule has 17 heavy (non-hydrogen) atoms. The summed E-state index contributed by atoms with van der Waals surface area (Å²) < 4.78 is 0. The third kappa shape index (κ3) is 3.32. The molecule has 0 spiro atoms. The summed E-state index contributed by atoms with van der Waals surface area (Å²) in [5.41, 5.74) is 0.381. The molecule has 6 nitrogen and oxygen atoms in total. The van der Waals surface area contributed by atoms with Gasteiger partial charge in [0.05, 0.1) is 0 Å². The van der Waals surface area contributed by atoms with Gasteiger partial charge in [-0.15, -0.1) is 0 Å². The first-order valence-corrected chi connectivity index (χ1v) is 4.56. The fourth-order valence-corrected chi connectivity index (χ4v) is 1.04. The molecule has 0 saturated carbocycles. The van der Waals surface area contributed by atoms with Gasteiger partial charge in [0, 0.05) is 0 Å². The average Bonchev–Trinajstić information content (AvgIpc) is 2.29. The van der Waals surface area contributed by atoms with Crippen molar-refractivity contribution in [3.8, 4) is 11.5 Å². The lowest BCUT2D eigenvalue weighted by molar-refractivity contribution is -0.150. The normalized spacial score (nSPS) is 12.5. The molecular formula is C11H10O6. The fourth-order valence-electron chi connectivity index (χ4n) is 1.04. The summed E-state index contributed by atoms with van der Waals surface area (Å²) in [6.45, 7) is 0. The van der Waals surface area contributed by atoms with Gasteiger partial charge in [0.2, 0.25) is 6.10 Å². The number of hydrogen-bond donors (Lipinski definition) is 4. The molecule has 0 fully saturated rings. The first kappa shape index (κ1) is 12.7. The van der Waals surface area contributed by atoms with E-state index < -0.39 is 17.9 Å². The minimum Gasteiger partial charge on any atom is -0.504 e. The number of aromatic hydroxyl groups is 2. The number of benzene rings is 1. The highest BCUT2D eigenvalue weighted by atomic mass is 16.4. The smallest absolute Gasteiger partial charge is 0.340 e. The molecule has 0 aliphatic carbocycles. The molecule has 0 aliphatic rings. The highest BCUT2D eigenvalue weighted by Gasteiger charge is 2.19. The Morgan fingerprint density at radius 3 is 2.35 bits per heavy atom. The number of hydrogen-bond acceptors (Lipinski definition) is 5. The molecule has 1 unspecified atom stereocenters. The Balaban J connectivity index is 2.80. The average molecular weight is 238 g/mol. The summed E-state index contributed by atoms with van der Waals surface area (Å²) in [5, 5.41) is 35.4. The predicted molar refractivity (Wildman–Crippen MR) is 57.5 cm³/mol. The van der Waals surface area contributed by atoms with Crippen LogP contribution in [-0.2, 0) is 9.59 Å². The van der Waals surface area contributed by atoms with Gasteiger partial charge in [0.15, 0.2) is 17.3 Å². The third-order valence-corrected chi connectivity index (χ3v) is 1.94. The van der Waals surface area contributed by atoms with E-state index >= 15 is 0 Å². The summed E-state index contributed by atoms with van der Waals surface area (Å²) >= 11 is 0. The predicted octanol–water partition coefficient (Wildman–Crippen LogP) is 0.126. The third-order valence-electron chi connectivity index (χ3n) is 1.94. The lowest BCUT2D eigenvalue weighted by Crippen LogP contribution is -2.27. The standard InChI is InChI=1S/C11H10O6/c12-7-3-1-6(5-9(7)14)2-4-8(13)10(15)11(16)17/h1-5,10,12,14-15H,(H,16,17)/b4-2+. The van der Waals surface area contributed by atoms with Crippen LogP contribution in [0.15, 0.2) is 24.3 Å². The molecule has 1 aromatic carbocycles. The fraction of sp³-hybridized carbons (Fsp3) is 0.0909. The van der Waals surface area contributed by atoms with Crippen LogP contribution < -0.4 is 0 Å². The lowest BCUT2D eigenvalue weighted by Gasteiger charge is -2.00. The number of ketones is 1. The number of carbonyl (C=O) groups is 2.